The Morgan fingerprint density at radius 2 is 1.93 bits per heavy atom. The number of hydrogen-bond acceptors (Lipinski definition) is 5. The van der Waals surface area contributed by atoms with Gasteiger partial charge in [0.2, 0.25) is 0 Å². The van der Waals surface area contributed by atoms with Crippen LogP contribution in [0.1, 0.15) is 25.5 Å². The minimum Gasteiger partial charge on any atom is -0.497 e. The normalized spacial score (nSPS) is 13.6. The third kappa shape index (κ3) is 4.22. The van der Waals surface area contributed by atoms with Crippen LogP contribution in [0, 0.1) is 10.1 Å². The van der Waals surface area contributed by atoms with E-state index in [1.165, 1.54) is 25.4 Å². The Labute approximate surface area is 170 Å². The second-order valence-corrected chi connectivity index (χ2v) is 6.96. The molecular weight excluding hydrogens is 398 g/mol. The number of carbonyl (C=O) groups excluding carboxylic acids is 1. The maximum Gasteiger partial charge on any atom is 0.321 e. The second-order valence-electron chi connectivity index (χ2n) is 6.96. The Morgan fingerprint density at radius 1 is 1.27 bits per heavy atom. The maximum atomic E-state index is 13.4. The van der Waals surface area contributed by atoms with E-state index in [4.69, 9.17) is 4.74 Å². The number of non-ortho nitro benzene ring substituents is 1. The molecule has 3 rings (SSSR count). The number of methoxy groups -OCH3 is 1. The number of nitro benzene ring substituents is 1. The summed E-state index contributed by atoms with van der Waals surface area (Å²) in [6.45, 7) is 2.12. The molecule has 1 heterocycles. The molecular formula is C20H20F2N4O4. The third-order valence-electron chi connectivity index (χ3n) is 4.74. The van der Waals surface area contributed by atoms with Gasteiger partial charge in [-0.2, -0.15) is 13.9 Å². The van der Waals surface area contributed by atoms with Gasteiger partial charge in [0, 0.05) is 24.4 Å². The van der Waals surface area contributed by atoms with Gasteiger partial charge in [-0.05, 0) is 30.7 Å². The quantitative estimate of drug-likeness (QED) is 0.466. The fraction of sp³-hybridized carbons (Fsp3) is 0.300. The van der Waals surface area contributed by atoms with Crippen molar-refractivity contribution in [1.29, 1.82) is 0 Å². The number of alkyl halides is 2. The molecule has 30 heavy (non-hydrogen) atoms. The summed E-state index contributed by atoms with van der Waals surface area (Å²) in [4.78, 5) is 22.4. The van der Waals surface area contributed by atoms with Crippen molar-refractivity contribution in [2.75, 3.05) is 7.11 Å². The van der Waals surface area contributed by atoms with E-state index in [1.54, 1.807) is 41.9 Å². The number of halogens is 2. The zero-order chi connectivity index (χ0) is 22.1. The van der Waals surface area contributed by atoms with Crippen molar-refractivity contribution in [3.05, 3.63) is 64.3 Å². The number of hydrogen-bond donors (Lipinski definition) is 1. The lowest BCUT2D eigenvalue weighted by molar-refractivity contribution is -0.384. The molecule has 2 atom stereocenters. The molecule has 10 heteroatoms. The molecule has 1 N–H and O–H groups in total. The first-order valence-corrected chi connectivity index (χ1v) is 9.06. The predicted molar refractivity (Wildman–Crippen MR) is 106 cm³/mol. The molecule has 0 saturated carbocycles. The highest BCUT2D eigenvalue weighted by molar-refractivity contribution is 5.83. The first-order chi connectivity index (χ1) is 14.1. The van der Waals surface area contributed by atoms with Crippen molar-refractivity contribution in [1.82, 2.24) is 15.1 Å². The molecule has 0 spiro atoms. The molecule has 3 aromatic rings. The Bertz CT molecular complexity index is 1080. The molecule has 1 aromatic heterocycles. The van der Waals surface area contributed by atoms with E-state index in [-0.39, 0.29) is 5.69 Å². The summed E-state index contributed by atoms with van der Waals surface area (Å²) in [5.74, 6) is -4.33. The number of nitrogens with one attached hydrogen (secondary N) is 1. The lowest BCUT2D eigenvalue weighted by atomic mass is 9.99. The third-order valence-corrected chi connectivity index (χ3v) is 4.74. The molecule has 1 amide bonds. The van der Waals surface area contributed by atoms with Crippen molar-refractivity contribution >= 4 is 22.5 Å². The fourth-order valence-corrected chi connectivity index (χ4v) is 3.23. The predicted octanol–water partition coefficient (Wildman–Crippen LogP) is 3.70. The SMILES string of the molecule is COc1ccc([C@H]([C@H](C)NC(=O)C(C)(F)F)n2ncc3cc([N+](=O)[O-])ccc32)cc1. The molecule has 0 radical (unpaired) electrons. The molecule has 2 aromatic carbocycles. The summed E-state index contributed by atoms with van der Waals surface area (Å²) >= 11 is 0. The van der Waals surface area contributed by atoms with E-state index in [0.29, 0.717) is 29.1 Å². The van der Waals surface area contributed by atoms with Gasteiger partial charge in [-0.25, -0.2) is 0 Å². The van der Waals surface area contributed by atoms with E-state index in [0.717, 1.165) is 0 Å². The average molecular weight is 418 g/mol. The summed E-state index contributed by atoms with van der Waals surface area (Å²) in [5, 5.41) is 18.2. The van der Waals surface area contributed by atoms with Crippen molar-refractivity contribution in [2.45, 2.75) is 31.9 Å². The molecule has 0 bridgehead atoms. The molecule has 0 aliphatic heterocycles. The van der Waals surface area contributed by atoms with E-state index in [1.807, 2.05) is 0 Å². The van der Waals surface area contributed by atoms with Crippen LogP contribution >= 0.6 is 0 Å². The lowest BCUT2D eigenvalue weighted by Gasteiger charge is -2.27. The standard InChI is InChI=1S/C20H20F2N4O4/c1-12(24-19(27)20(2,21)22)18(13-4-7-16(30-3)8-5-13)25-17-9-6-15(26(28)29)10-14(17)11-23-25/h4-12,18H,1-3H3,(H,24,27)/t12-,18-/m0/s1. The van der Waals surface area contributed by atoms with E-state index in [9.17, 15) is 23.7 Å². The Balaban J connectivity index is 2.08. The van der Waals surface area contributed by atoms with Crippen LogP contribution in [0.2, 0.25) is 0 Å². The molecule has 8 nitrogen and oxygen atoms in total. The van der Waals surface area contributed by atoms with Gasteiger partial charge < -0.3 is 10.1 Å². The van der Waals surface area contributed by atoms with Crippen LogP contribution in [0.25, 0.3) is 10.9 Å². The van der Waals surface area contributed by atoms with Crippen LogP contribution in [-0.4, -0.2) is 39.7 Å². The van der Waals surface area contributed by atoms with Gasteiger partial charge in [0.25, 0.3) is 11.6 Å². The van der Waals surface area contributed by atoms with Gasteiger partial charge in [0.05, 0.1) is 35.8 Å². The highest BCUT2D eigenvalue weighted by Gasteiger charge is 2.35. The molecule has 0 aliphatic rings. The minimum atomic E-state index is -3.54. The number of aromatic nitrogens is 2. The number of nitro groups is 1. The summed E-state index contributed by atoms with van der Waals surface area (Å²) in [6.07, 6.45) is 1.46. The van der Waals surface area contributed by atoms with Crippen molar-refractivity contribution in [2.24, 2.45) is 0 Å². The number of rotatable bonds is 7. The van der Waals surface area contributed by atoms with Crippen molar-refractivity contribution in [3.63, 3.8) is 0 Å². The van der Waals surface area contributed by atoms with Gasteiger partial charge >= 0.3 is 5.92 Å². The highest BCUT2D eigenvalue weighted by Crippen LogP contribution is 2.30. The number of nitrogens with zero attached hydrogens (tertiary/aromatic N) is 3. The second kappa shape index (κ2) is 8.05. The van der Waals surface area contributed by atoms with Crippen molar-refractivity contribution in [3.8, 4) is 5.75 Å². The van der Waals surface area contributed by atoms with Gasteiger partial charge in [0.1, 0.15) is 5.75 Å². The first kappa shape index (κ1) is 21.2. The topological polar surface area (TPSA) is 99.3 Å². The van der Waals surface area contributed by atoms with Gasteiger partial charge in [0.15, 0.2) is 0 Å². The van der Waals surface area contributed by atoms with E-state index >= 15 is 0 Å². The highest BCUT2D eigenvalue weighted by atomic mass is 19.3. The Kier molecular flexibility index (Phi) is 5.68. The Hall–Kier alpha value is -3.56. The minimum absolute atomic E-state index is 0.0879. The maximum absolute atomic E-state index is 13.4. The number of amides is 1. The van der Waals surface area contributed by atoms with Crippen LogP contribution in [0.5, 0.6) is 5.75 Å². The van der Waals surface area contributed by atoms with Crippen molar-refractivity contribution < 1.29 is 23.2 Å². The molecule has 158 valence electrons. The summed E-state index contributed by atoms with van der Waals surface area (Å²) < 4.78 is 33.6. The zero-order valence-corrected chi connectivity index (χ0v) is 16.5. The van der Waals surface area contributed by atoms with E-state index in [2.05, 4.69) is 10.4 Å². The zero-order valence-electron chi connectivity index (χ0n) is 16.5. The number of carbonyl (C=O) groups is 1. The largest absolute Gasteiger partial charge is 0.497 e. The first-order valence-electron chi connectivity index (χ1n) is 9.06. The van der Waals surface area contributed by atoms with Crippen LogP contribution in [0.3, 0.4) is 0 Å². The van der Waals surface area contributed by atoms with Gasteiger partial charge in [-0.15, -0.1) is 0 Å². The van der Waals surface area contributed by atoms with Gasteiger partial charge in [-0.3, -0.25) is 19.6 Å². The smallest absolute Gasteiger partial charge is 0.321 e. The number of ether oxygens (including phenoxy) is 1. The average Bonchev–Trinajstić information content (AvgIpc) is 3.11. The van der Waals surface area contributed by atoms with Gasteiger partial charge in [-0.1, -0.05) is 12.1 Å². The monoisotopic (exact) mass is 418 g/mol. The molecule has 0 fully saturated rings. The number of fused-ring (bicyclic) bond motifs is 1. The molecule has 0 unspecified atom stereocenters. The Morgan fingerprint density at radius 3 is 2.50 bits per heavy atom. The van der Waals surface area contributed by atoms with Crippen LogP contribution in [-0.2, 0) is 4.79 Å². The van der Waals surface area contributed by atoms with Crippen LogP contribution < -0.4 is 10.1 Å². The van der Waals surface area contributed by atoms with Crippen LogP contribution in [0.4, 0.5) is 14.5 Å². The van der Waals surface area contributed by atoms with E-state index < -0.39 is 28.8 Å². The summed E-state index contributed by atoms with van der Waals surface area (Å²) in [5.41, 5.74) is 1.16. The summed E-state index contributed by atoms with van der Waals surface area (Å²) in [7, 11) is 1.52. The number of benzene rings is 2. The molecule has 0 aliphatic carbocycles. The lowest BCUT2D eigenvalue weighted by Crippen LogP contribution is -2.46. The molecule has 0 saturated heterocycles. The summed E-state index contributed by atoms with van der Waals surface area (Å²) in [6, 6.07) is 9.76. The fourth-order valence-electron chi connectivity index (χ4n) is 3.23. The van der Waals surface area contributed by atoms with Crippen LogP contribution in [0.15, 0.2) is 48.7 Å².